The Balaban J connectivity index is 1.56. The Bertz CT molecular complexity index is 889. The molecule has 9 atom stereocenters. The van der Waals surface area contributed by atoms with Gasteiger partial charge in [-0.15, -0.1) is 0 Å². The van der Waals surface area contributed by atoms with Crippen LogP contribution in [0.3, 0.4) is 0 Å². The molecule has 0 radical (unpaired) electrons. The standard InChI is InChI=1S/C30H48O3/c1-25(2)16-17-26(3)12-8-19-27(4)14-10-21-28(5,15-11-23(31)30(21,7)24(32)33)20(27)9-13-29(19,6)22(26)18-25/h8,20-23,31H,9-18H2,1-7H3,(H,32,33)/t20-,21+,22+,23-,26-,27-,28+,29+,30+/m0/s1. The molecule has 33 heavy (non-hydrogen) atoms. The van der Waals surface area contributed by atoms with E-state index < -0.39 is 17.5 Å². The third kappa shape index (κ3) is 2.93. The average Bonchev–Trinajstić information content (AvgIpc) is 2.71. The molecule has 0 bridgehead atoms. The predicted molar refractivity (Wildman–Crippen MR) is 133 cm³/mol. The fraction of sp³-hybridized carbons (Fsp3) is 0.900. The second kappa shape index (κ2) is 6.89. The smallest absolute Gasteiger partial charge is 0.312 e. The Labute approximate surface area is 201 Å². The first-order valence-corrected chi connectivity index (χ1v) is 13.8. The fourth-order valence-electron chi connectivity index (χ4n) is 10.8. The van der Waals surface area contributed by atoms with E-state index in [9.17, 15) is 15.0 Å². The zero-order valence-corrected chi connectivity index (χ0v) is 22.3. The van der Waals surface area contributed by atoms with Gasteiger partial charge in [0.2, 0.25) is 0 Å². The molecular weight excluding hydrogens is 408 g/mol. The van der Waals surface area contributed by atoms with E-state index in [0.717, 1.165) is 25.2 Å². The van der Waals surface area contributed by atoms with Crippen molar-refractivity contribution in [2.24, 2.45) is 50.2 Å². The number of aliphatic carboxylic acids is 1. The number of aliphatic hydroxyl groups excluding tert-OH is 1. The van der Waals surface area contributed by atoms with Crippen LogP contribution in [0, 0.1) is 50.2 Å². The SMILES string of the molecule is CC1(C)CC[C@]2(C)CC=C3[C@]4(C)CC[C@@H]5[C@](C)(CC[C@H](O)[C@]5(C)C(=O)O)[C@H]4CC[C@@]3(C)[C@@H]2C1. The minimum absolute atomic E-state index is 0.0197. The molecule has 3 nitrogen and oxygen atoms in total. The maximum Gasteiger partial charge on any atom is 0.312 e. The lowest BCUT2D eigenvalue weighted by atomic mass is 9.34. The van der Waals surface area contributed by atoms with Crippen LogP contribution in [0.4, 0.5) is 0 Å². The maximum absolute atomic E-state index is 12.5. The number of rotatable bonds is 1. The maximum atomic E-state index is 12.5. The molecule has 0 aromatic carbocycles. The van der Waals surface area contributed by atoms with Gasteiger partial charge in [0.05, 0.1) is 11.5 Å². The first kappa shape index (κ1) is 23.9. The molecule has 0 aromatic heterocycles. The molecule has 5 rings (SSSR count). The monoisotopic (exact) mass is 456 g/mol. The Morgan fingerprint density at radius 3 is 2.06 bits per heavy atom. The molecule has 4 saturated carbocycles. The fourth-order valence-corrected chi connectivity index (χ4v) is 10.8. The number of hydrogen-bond donors (Lipinski definition) is 2. The summed E-state index contributed by atoms with van der Waals surface area (Å²) in [6, 6.07) is 0. The summed E-state index contributed by atoms with van der Waals surface area (Å²) in [4.78, 5) is 12.5. The molecule has 4 fully saturated rings. The van der Waals surface area contributed by atoms with Gasteiger partial charge in [-0.1, -0.05) is 53.2 Å². The van der Waals surface area contributed by atoms with E-state index in [1.165, 1.54) is 38.5 Å². The van der Waals surface area contributed by atoms with E-state index in [1.807, 2.05) is 6.92 Å². The summed E-state index contributed by atoms with van der Waals surface area (Å²) in [5, 5.41) is 21.1. The lowest BCUT2D eigenvalue weighted by Crippen LogP contribution is -2.65. The Kier molecular flexibility index (Phi) is 4.99. The minimum atomic E-state index is -1.03. The Hall–Kier alpha value is -0.830. The summed E-state index contributed by atoms with van der Waals surface area (Å²) in [7, 11) is 0. The highest BCUT2D eigenvalue weighted by Crippen LogP contribution is 2.75. The zero-order chi connectivity index (χ0) is 24.2. The molecule has 0 unspecified atom stereocenters. The van der Waals surface area contributed by atoms with Crippen molar-refractivity contribution in [1.29, 1.82) is 0 Å². The molecule has 0 spiro atoms. The van der Waals surface area contributed by atoms with Crippen LogP contribution in [-0.4, -0.2) is 22.3 Å². The van der Waals surface area contributed by atoms with Crippen LogP contribution in [0.25, 0.3) is 0 Å². The third-order valence-corrected chi connectivity index (χ3v) is 12.8. The highest BCUT2D eigenvalue weighted by molar-refractivity contribution is 5.76. The molecule has 186 valence electrons. The quantitative estimate of drug-likeness (QED) is 0.409. The predicted octanol–water partition coefficient (Wildman–Crippen LogP) is 7.23. The van der Waals surface area contributed by atoms with Crippen molar-refractivity contribution in [3.8, 4) is 0 Å². The number of carbonyl (C=O) groups is 1. The summed E-state index contributed by atoms with van der Waals surface area (Å²) >= 11 is 0. The summed E-state index contributed by atoms with van der Waals surface area (Å²) in [6.07, 6.45) is 13.2. The van der Waals surface area contributed by atoms with Crippen molar-refractivity contribution in [3.05, 3.63) is 11.6 Å². The van der Waals surface area contributed by atoms with Gasteiger partial charge in [0.15, 0.2) is 0 Å². The molecule has 2 N–H and O–H groups in total. The van der Waals surface area contributed by atoms with Gasteiger partial charge in [-0.05, 0) is 116 Å². The highest BCUT2D eigenvalue weighted by atomic mass is 16.4. The van der Waals surface area contributed by atoms with Gasteiger partial charge in [0, 0.05) is 0 Å². The van der Waals surface area contributed by atoms with Gasteiger partial charge in [-0.25, -0.2) is 0 Å². The second-order valence-electron chi connectivity index (χ2n) is 15.1. The summed E-state index contributed by atoms with van der Waals surface area (Å²) in [5.74, 6) is 0.508. The topological polar surface area (TPSA) is 57.5 Å². The van der Waals surface area contributed by atoms with Crippen LogP contribution >= 0.6 is 0 Å². The number of carboxylic acid groups (broad SMARTS) is 1. The van der Waals surface area contributed by atoms with Gasteiger partial charge < -0.3 is 10.2 Å². The lowest BCUT2D eigenvalue weighted by molar-refractivity contribution is -0.205. The van der Waals surface area contributed by atoms with Gasteiger partial charge in [-0.3, -0.25) is 4.79 Å². The molecule has 0 saturated heterocycles. The largest absolute Gasteiger partial charge is 0.481 e. The molecule has 3 heteroatoms. The second-order valence-corrected chi connectivity index (χ2v) is 15.1. The molecule has 5 aliphatic rings. The number of aliphatic hydroxyl groups is 1. The van der Waals surface area contributed by atoms with E-state index in [4.69, 9.17) is 0 Å². The first-order valence-electron chi connectivity index (χ1n) is 13.8. The number of fused-ring (bicyclic) bond motifs is 7. The van der Waals surface area contributed by atoms with Crippen molar-refractivity contribution in [3.63, 3.8) is 0 Å². The lowest BCUT2D eigenvalue weighted by Gasteiger charge is -2.70. The van der Waals surface area contributed by atoms with E-state index in [-0.39, 0.29) is 22.2 Å². The van der Waals surface area contributed by atoms with Gasteiger partial charge in [-0.2, -0.15) is 0 Å². The number of hydrogen-bond acceptors (Lipinski definition) is 2. The van der Waals surface area contributed by atoms with E-state index >= 15 is 0 Å². The molecule has 0 amide bonds. The van der Waals surface area contributed by atoms with Crippen LogP contribution in [0.5, 0.6) is 0 Å². The Morgan fingerprint density at radius 2 is 1.42 bits per heavy atom. The first-order chi connectivity index (χ1) is 15.1. The van der Waals surface area contributed by atoms with Crippen molar-refractivity contribution < 1.29 is 15.0 Å². The van der Waals surface area contributed by atoms with Crippen molar-refractivity contribution in [2.45, 2.75) is 119 Å². The minimum Gasteiger partial charge on any atom is -0.481 e. The molecule has 5 aliphatic carbocycles. The van der Waals surface area contributed by atoms with Gasteiger partial charge >= 0.3 is 5.97 Å². The molecule has 0 heterocycles. The van der Waals surface area contributed by atoms with Crippen LogP contribution in [0.1, 0.15) is 113 Å². The summed E-state index contributed by atoms with van der Waals surface area (Å²) in [6.45, 7) is 16.9. The van der Waals surface area contributed by atoms with Crippen molar-refractivity contribution in [1.82, 2.24) is 0 Å². The average molecular weight is 457 g/mol. The Morgan fingerprint density at radius 1 is 0.818 bits per heavy atom. The number of allylic oxidation sites excluding steroid dienone is 2. The van der Waals surface area contributed by atoms with Crippen LogP contribution in [-0.2, 0) is 4.79 Å². The third-order valence-electron chi connectivity index (χ3n) is 12.8. The normalized spacial score (nSPS) is 55.3. The van der Waals surface area contributed by atoms with Gasteiger partial charge in [0.1, 0.15) is 0 Å². The van der Waals surface area contributed by atoms with Crippen LogP contribution in [0.15, 0.2) is 11.6 Å². The van der Waals surface area contributed by atoms with E-state index in [1.54, 1.807) is 5.57 Å². The van der Waals surface area contributed by atoms with Crippen LogP contribution in [0.2, 0.25) is 0 Å². The summed E-state index contributed by atoms with van der Waals surface area (Å²) < 4.78 is 0. The molecule has 0 aliphatic heterocycles. The van der Waals surface area contributed by atoms with E-state index in [2.05, 4.69) is 47.6 Å². The molecular formula is C30H48O3. The van der Waals surface area contributed by atoms with Crippen molar-refractivity contribution in [2.75, 3.05) is 0 Å². The van der Waals surface area contributed by atoms with Gasteiger partial charge in [0.25, 0.3) is 0 Å². The summed E-state index contributed by atoms with van der Waals surface area (Å²) in [5.41, 5.74) is 1.96. The zero-order valence-electron chi connectivity index (χ0n) is 22.3. The van der Waals surface area contributed by atoms with E-state index in [0.29, 0.717) is 23.2 Å². The van der Waals surface area contributed by atoms with Crippen LogP contribution < -0.4 is 0 Å². The number of carboxylic acids is 1. The highest BCUT2D eigenvalue weighted by Gasteiger charge is 2.68. The molecule has 0 aromatic rings. The van der Waals surface area contributed by atoms with Crippen molar-refractivity contribution >= 4 is 5.97 Å².